The van der Waals surface area contributed by atoms with Crippen LogP contribution in [0.5, 0.6) is 0 Å². The third kappa shape index (κ3) is 4.23. The summed E-state index contributed by atoms with van der Waals surface area (Å²) in [5.41, 5.74) is 17.6. The van der Waals surface area contributed by atoms with Crippen molar-refractivity contribution in [1.82, 2.24) is 0 Å². The summed E-state index contributed by atoms with van der Waals surface area (Å²) in [6.07, 6.45) is 6.10. The van der Waals surface area contributed by atoms with Crippen molar-refractivity contribution in [2.45, 2.75) is 25.3 Å². The van der Waals surface area contributed by atoms with Crippen LogP contribution in [0.3, 0.4) is 0 Å². The summed E-state index contributed by atoms with van der Waals surface area (Å²) >= 11 is 0. The Kier molecular flexibility index (Phi) is 5.99. The molecule has 1 aliphatic rings. The molecular weight excluding hydrogens is 332 g/mol. The van der Waals surface area contributed by atoms with Gasteiger partial charge in [-0.3, -0.25) is 4.99 Å². The number of fused-ring (bicyclic) bond motifs is 1. The molecule has 1 atom stereocenters. The Labute approximate surface area is 160 Å². The minimum absolute atomic E-state index is 0.0873. The van der Waals surface area contributed by atoms with E-state index < -0.39 is 0 Å². The zero-order valence-electron chi connectivity index (χ0n) is 15.5. The first-order valence-electron chi connectivity index (χ1n) is 9.23. The highest BCUT2D eigenvalue weighted by Crippen LogP contribution is 2.34. The van der Waals surface area contributed by atoms with Gasteiger partial charge >= 0.3 is 0 Å². The summed E-state index contributed by atoms with van der Waals surface area (Å²) in [6, 6.07) is 16.2. The number of nitrogens with one attached hydrogen (secondary N) is 1. The Morgan fingerprint density at radius 2 is 1.85 bits per heavy atom. The maximum absolute atomic E-state index is 8.54. The van der Waals surface area contributed by atoms with Crippen LogP contribution in [0.4, 0.5) is 0 Å². The fraction of sp³-hybridized carbons (Fsp3) is 0.217. The number of allylic oxidation sites excluding steroid dienone is 2. The first kappa shape index (κ1) is 18.8. The molecule has 27 heavy (non-hydrogen) atoms. The van der Waals surface area contributed by atoms with Crippen LogP contribution in [0.25, 0.3) is 0 Å². The van der Waals surface area contributed by atoms with Crippen molar-refractivity contribution in [2.75, 3.05) is 6.54 Å². The van der Waals surface area contributed by atoms with Gasteiger partial charge in [-0.05, 0) is 29.5 Å². The average Bonchev–Trinajstić information content (AvgIpc) is 3.10. The number of aryl methyl sites for hydroxylation is 1. The van der Waals surface area contributed by atoms with E-state index in [2.05, 4.69) is 24.8 Å². The molecule has 0 heterocycles. The van der Waals surface area contributed by atoms with Crippen LogP contribution in [0.2, 0.25) is 0 Å². The Hall–Kier alpha value is -2.98. The lowest BCUT2D eigenvalue weighted by atomic mass is 9.97. The molecule has 4 nitrogen and oxygen atoms in total. The lowest BCUT2D eigenvalue weighted by Gasteiger charge is -2.13. The first-order valence-corrected chi connectivity index (χ1v) is 9.23. The minimum Gasteiger partial charge on any atom is -0.383 e. The van der Waals surface area contributed by atoms with E-state index in [4.69, 9.17) is 21.9 Å². The van der Waals surface area contributed by atoms with Gasteiger partial charge in [0.25, 0.3) is 0 Å². The summed E-state index contributed by atoms with van der Waals surface area (Å²) in [6.45, 7) is 4.24. The summed E-state index contributed by atoms with van der Waals surface area (Å²) < 4.78 is 0. The molecule has 4 heteroatoms. The molecule has 0 spiro atoms. The topological polar surface area (TPSA) is 88.2 Å². The van der Waals surface area contributed by atoms with Crippen LogP contribution < -0.4 is 11.5 Å². The zero-order valence-corrected chi connectivity index (χ0v) is 15.5. The third-order valence-electron chi connectivity index (χ3n) is 4.95. The van der Waals surface area contributed by atoms with Gasteiger partial charge in [-0.2, -0.15) is 0 Å². The third-order valence-corrected chi connectivity index (χ3v) is 4.95. The second-order valence-corrected chi connectivity index (χ2v) is 6.69. The van der Waals surface area contributed by atoms with Crippen molar-refractivity contribution in [2.24, 2.45) is 16.5 Å². The van der Waals surface area contributed by atoms with Gasteiger partial charge in [0, 0.05) is 29.8 Å². The van der Waals surface area contributed by atoms with Crippen molar-refractivity contribution in [1.29, 1.82) is 5.41 Å². The molecule has 3 rings (SSSR count). The highest BCUT2D eigenvalue weighted by atomic mass is 14.9. The average molecular weight is 358 g/mol. The van der Waals surface area contributed by atoms with E-state index in [-0.39, 0.29) is 6.04 Å². The Balaban J connectivity index is 1.88. The normalized spacial score (nSPS) is 16.9. The Morgan fingerprint density at radius 3 is 2.59 bits per heavy atom. The summed E-state index contributed by atoms with van der Waals surface area (Å²) in [5, 5.41) is 8.54. The molecule has 5 N–H and O–H groups in total. The number of amidine groups is 1. The summed E-state index contributed by atoms with van der Waals surface area (Å²) in [4.78, 5) is 4.81. The molecule has 2 aromatic rings. The van der Waals surface area contributed by atoms with Gasteiger partial charge in [0.05, 0.1) is 6.04 Å². The highest BCUT2D eigenvalue weighted by molar-refractivity contribution is 6.11. The largest absolute Gasteiger partial charge is 0.383 e. The van der Waals surface area contributed by atoms with Gasteiger partial charge in [-0.25, -0.2) is 0 Å². The standard InChI is InChI=1S/C23H26N4/c1-2-16(13-14-24)15-21(25)19-9-5-6-10-20(19)23(26)27-22-12-11-17-7-3-4-8-18(17)22/h2-10,13,22,25H,1,11-12,14-15,24H2,(H2,26,27)/b16-13+,25-21?. The first-order chi connectivity index (χ1) is 13.1. The van der Waals surface area contributed by atoms with Gasteiger partial charge in [0.1, 0.15) is 5.84 Å². The fourth-order valence-electron chi connectivity index (χ4n) is 3.55. The number of hydrogen-bond donors (Lipinski definition) is 3. The molecule has 0 fully saturated rings. The van der Waals surface area contributed by atoms with Crippen molar-refractivity contribution in [3.63, 3.8) is 0 Å². The van der Waals surface area contributed by atoms with Gasteiger partial charge in [-0.15, -0.1) is 0 Å². The number of nitrogens with two attached hydrogens (primary N) is 2. The van der Waals surface area contributed by atoms with Crippen molar-refractivity contribution >= 4 is 11.5 Å². The van der Waals surface area contributed by atoms with E-state index in [1.54, 1.807) is 6.08 Å². The number of hydrogen-bond acceptors (Lipinski definition) is 3. The van der Waals surface area contributed by atoms with Gasteiger partial charge in [0.15, 0.2) is 0 Å². The second kappa shape index (κ2) is 8.60. The van der Waals surface area contributed by atoms with E-state index >= 15 is 0 Å². The van der Waals surface area contributed by atoms with E-state index in [0.717, 1.165) is 29.5 Å². The molecule has 1 aliphatic carbocycles. The fourth-order valence-corrected chi connectivity index (χ4v) is 3.55. The van der Waals surface area contributed by atoms with E-state index in [1.165, 1.54) is 11.1 Å². The van der Waals surface area contributed by atoms with Crippen LogP contribution >= 0.6 is 0 Å². The van der Waals surface area contributed by atoms with Gasteiger partial charge < -0.3 is 16.9 Å². The molecule has 0 bridgehead atoms. The number of benzene rings is 2. The molecule has 0 radical (unpaired) electrons. The molecule has 0 aromatic heterocycles. The van der Waals surface area contributed by atoms with E-state index in [1.807, 2.05) is 36.4 Å². The maximum atomic E-state index is 8.54. The van der Waals surface area contributed by atoms with Crippen LogP contribution in [0.1, 0.15) is 41.1 Å². The van der Waals surface area contributed by atoms with Crippen LogP contribution in [0.15, 0.2) is 77.8 Å². The summed E-state index contributed by atoms with van der Waals surface area (Å²) in [7, 11) is 0. The highest BCUT2D eigenvalue weighted by Gasteiger charge is 2.22. The number of rotatable bonds is 7. The number of aliphatic imine (C=N–C) groups is 1. The molecule has 138 valence electrons. The number of nitrogens with zero attached hydrogens (tertiary/aromatic N) is 1. The molecule has 1 unspecified atom stereocenters. The summed E-state index contributed by atoms with van der Waals surface area (Å²) in [5.74, 6) is 0.486. The lowest BCUT2D eigenvalue weighted by molar-refractivity contribution is 0.715. The zero-order chi connectivity index (χ0) is 19.2. The predicted octanol–water partition coefficient (Wildman–Crippen LogP) is 3.91. The van der Waals surface area contributed by atoms with E-state index in [9.17, 15) is 0 Å². The second-order valence-electron chi connectivity index (χ2n) is 6.69. The molecular formula is C23H26N4. The maximum Gasteiger partial charge on any atom is 0.126 e. The smallest absolute Gasteiger partial charge is 0.126 e. The van der Waals surface area contributed by atoms with E-state index in [0.29, 0.717) is 24.5 Å². The molecule has 0 aliphatic heterocycles. The van der Waals surface area contributed by atoms with Crippen LogP contribution in [-0.2, 0) is 6.42 Å². The monoisotopic (exact) mass is 358 g/mol. The molecule has 0 saturated heterocycles. The van der Waals surface area contributed by atoms with Gasteiger partial charge in [-0.1, -0.05) is 67.3 Å². The van der Waals surface area contributed by atoms with Crippen molar-refractivity contribution in [3.8, 4) is 0 Å². The lowest BCUT2D eigenvalue weighted by Crippen LogP contribution is -2.19. The SMILES string of the molecule is C=C/C(=C\CN)CC(=N)c1ccccc1C(N)=NC1CCc2ccccc21. The Morgan fingerprint density at radius 1 is 1.15 bits per heavy atom. The van der Waals surface area contributed by atoms with Crippen LogP contribution in [0, 0.1) is 5.41 Å². The van der Waals surface area contributed by atoms with Crippen molar-refractivity contribution < 1.29 is 0 Å². The Bertz CT molecular complexity index is 908. The molecule has 0 saturated carbocycles. The molecule has 0 amide bonds. The van der Waals surface area contributed by atoms with Crippen molar-refractivity contribution in [3.05, 3.63) is 95.1 Å². The van der Waals surface area contributed by atoms with Gasteiger partial charge in [0.2, 0.25) is 0 Å². The molecule has 2 aromatic carbocycles. The predicted molar refractivity (Wildman–Crippen MR) is 113 cm³/mol. The quantitative estimate of drug-likeness (QED) is 0.398. The van der Waals surface area contributed by atoms with Crippen LogP contribution in [-0.4, -0.2) is 18.1 Å². The minimum atomic E-state index is 0.0873.